The molecule has 4 aromatic heterocycles. The summed E-state index contributed by atoms with van der Waals surface area (Å²) in [6.07, 6.45) is 3.82. The normalized spacial score (nSPS) is 24.9. The number of aromatic nitrogens is 8. The number of aliphatic hydroxyl groups is 2. The van der Waals surface area contributed by atoms with E-state index in [4.69, 9.17) is 17.2 Å². The Bertz CT molecular complexity index is 5290. The number of para-hydroxylation sites is 2. The summed E-state index contributed by atoms with van der Waals surface area (Å²) in [5.41, 5.74) is 20.7. The molecule has 0 unspecified atom stereocenters. The lowest BCUT2D eigenvalue weighted by Gasteiger charge is -2.32. The van der Waals surface area contributed by atoms with Crippen molar-refractivity contribution in [3.05, 3.63) is 126 Å². The number of hydrogen-bond acceptors (Lipinski definition) is 25. The molecule has 15 atom stereocenters. The molecule has 3 aliphatic rings. The van der Waals surface area contributed by atoms with Gasteiger partial charge in [0.05, 0.1) is 43.8 Å². The Kier molecular flexibility index (Phi) is 37.9. The second-order valence-corrected chi connectivity index (χ2v) is 36.4. The molecule has 724 valence electrons. The largest absolute Gasteiger partial charge is 0.508 e. The van der Waals surface area contributed by atoms with Crippen LogP contribution in [0.4, 0.5) is 0 Å². The van der Waals surface area contributed by atoms with Crippen molar-refractivity contribution in [3.63, 3.8) is 0 Å². The Labute approximate surface area is 779 Å². The number of aromatic amines is 3. The zero-order valence-corrected chi connectivity index (χ0v) is 77.4. The molecule has 13 amide bonds. The number of thioether (sulfide) groups is 1. The quantitative estimate of drug-likeness (QED) is 0.0374. The van der Waals surface area contributed by atoms with Crippen molar-refractivity contribution in [2.75, 3.05) is 58.4 Å². The van der Waals surface area contributed by atoms with Gasteiger partial charge in [-0.3, -0.25) is 76.7 Å². The summed E-state index contributed by atoms with van der Waals surface area (Å²) in [6.45, 7) is 6.53. The Hall–Kier alpha value is -12.8. The number of H-pyrrole nitrogens is 3. The molecule has 10 rings (SSSR count). The van der Waals surface area contributed by atoms with Gasteiger partial charge in [-0.05, 0) is 135 Å². The van der Waals surface area contributed by atoms with Crippen molar-refractivity contribution in [1.29, 1.82) is 0 Å². The van der Waals surface area contributed by atoms with Gasteiger partial charge >= 0.3 is 0 Å². The zero-order chi connectivity index (χ0) is 97.1. The van der Waals surface area contributed by atoms with Crippen LogP contribution in [0.1, 0.15) is 178 Å². The zero-order valence-electron chi connectivity index (χ0n) is 76.6. The molecule has 134 heavy (non-hydrogen) atoms. The van der Waals surface area contributed by atoms with Crippen molar-refractivity contribution in [2.24, 2.45) is 35.0 Å². The van der Waals surface area contributed by atoms with Crippen LogP contribution in [0.25, 0.3) is 21.8 Å². The maximum Gasteiger partial charge on any atom is 0.248 e. The van der Waals surface area contributed by atoms with E-state index in [9.17, 15) is 58.5 Å². The standard InChI is InChI=1S/C92H126N22O19S/c1-8-10-23-73-87(128)101-67(22-16-30-93)85(126)106-72(84(125)99-45-80(95)122)49-134-48-62(118)36-56(33-53-26-28-60(116)29-27-53)89(130)110(6)52(5)82(123)103-70(41-79(94)121)90(131)112-31-17-25-74(112)88(129)102-68(39-59-44-96-50-100-59)86(127)104-69(32-51(3)4)91(132)113-46-61(117)40-76(113)78(120)38-55(35-58-43-98-66-21-15-13-19-64(58)66)83(124)105-71(47-115)77(119)37-54(34-57-42-97-65-20-14-12-18-63(57)65)81-107-108-109-114(81)75(24-11-9-2)92(133)111(73)7/h12-15,18-21,26-29,42-44,50-52,54-56,61,67-76,97-98,115-117H,8-11,16-17,22-25,30-41,45-49,93H2,1-7H3,(H2,94,121)(H2,95,122)(H,96,100)(H,99,125)(H,101,128)(H,102,129)(H,103,123)(H,104,127)(H,105,124)(H,106,126)/t52-,54+,55+,56+,61+,67-,68-,69-,70-,71-,72-,73-,74-,75-,76-/m0/s1. The van der Waals surface area contributed by atoms with Crippen LogP contribution in [0.15, 0.2) is 97.7 Å². The third-order valence-corrected chi connectivity index (χ3v) is 26.0. The topological polar surface area (TPSA) is 613 Å². The molecule has 7 aromatic rings. The first-order valence-corrected chi connectivity index (χ1v) is 46.8. The molecular formula is C92H126N22O19S. The van der Waals surface area contributed by atoms with Crippen LogP contribution in [0.5, 0.6) is 5.75 Å². The van der Waals surface area contributed by atoms with E-state index in [0.717, 1.165) is 37.4 Å². The van der Waals surface area contributed by atoms with E-state index in [1.54, 1.807) is 38.4 Å². The number of nitrogens with one attached hydrogen (secondary N) is 10. The van der Waals surface area contributed by atoms with Gasteiger partial charge in [0, 0.05) is 129 Å². The SMILES string of the molecule is CCCC[C@H]1C(=O)N[C@@H](CCCN)C(=O)N[C@H](C(=O)NCC(N)=O)CSCC(=O)C[C@@H](Cc2ccc(O)cc2)C(=O)N(C)[C@@H](C)C(=O)N[C@@H](CC(N)=O)C(=O)N2CCC[C@H]2C(=O)N[C@@H](Cc2cnc[nH]2)C(=O)N[C@@H](CC(C)C)C(=O)N2C[C@H](O)C[C@H]2C(=O)C[C@@H](Cc2c[nH]c3ccccc23)C(=O)N[C@@H](CO)C(=O)C[C@@H](Cc2c[nH]c3ccccc23)c2nnnn2[C@@H](CCCC)C(=O)N1C. The molecule has 0 bridgehead atoms. The fraction of sp³-hybridized carbons (Fsp3) is 0.543. The number of fused-ring (bicyclic) bond motifs is 5. The van der Waals surface area contributed by atoms with Crippen LogP contribution in [0.3, 0.4) is 0 Å². The van der Waals surface area contributed by atoms with Crippen LogP contribution in [0, 0.1) is 17.8 Å². The monoisotopic (exact) mass is 1870 g/mol. The number of hydrogen-bond donors (Lipinski definition) is 16. The lowest BCUT2D eigenvalue weighted by molar-refractivity contribution is -0.146. The summed E-state index contributed by atoms with van der Waals surface area (Å²) in [7, 11) is 2.69. The predicted octanol–water partition coefficient (Wildman–Crippen LogP) is 0.687. The number of imidazole rings is 1. The van der Waals surface area contributed by atoms with Gasteiger partial charge in [0.1, 0.15) is 72.0 Å². The summed E-state index contributed by atoms with van der Waals surface area (Å²) >= 11 is 0.857. The van der Waals surface area contributed by atoms with E-state index in [2.05, 4.69) is 72.7 Å². The number of phenols is 1. The number of Topliss-reactive ketones (excluding diaryl/α,β-unsaturated/α-hetero) is 3. The molecule has 3 aliphatic heterocycles. The molecule has 0 spiro atoms. The minimum atomic E-state index is -1.75. The lowest BCUT2D eigenvalue weighted by atomic mass is 9.89. The van der Waals surface area contributed by atoms with Crippen molar-refractivity contribution in [1.82, 2.24) is 97.0 Å². The van der Waals surface area contributed by atoms with Crippen LogP contribution < -0.4 is 54.4 Å². The smallest absolute Gasteiger partial charge is 0.248 e. The Morgan fingerprint density at radius 2 is 1.22 bits per heavy atom. The van der Waals surface area contributed by atoms with Gasteiger partial charge in [-0.25, -0.2) is 9.67 Å². The molecular weight excluding hydrogens is 1750 g/mol. The van der Waals surface area contributed by atoms with E-state index < -0.39 is 236 Å². The maximum atomic E-state index is 15.8. The number of primary amides is 2. The number of phenolic OH excluding ortho intramolecular Hbond substituents is 1. The number of likely N-dealkylation sites (N-methyl/N-ethyl adjacent to an activating group) is 2. The number of unbranched alkanes of at least 4 members (excludes halogenated alkanes) is 2. The van der Waals surface area contributed by atoms with Gasteiger partial charge in [-0.15, -0.1) is 5.10 Å². The molecule has 3 aromatic carbocycles. The number of ketones is 3. The van der Waals surface area contributed by atoms with Crippen LogP contribution in [-0.2, 0) is 102 Å². The third kappa shape index (κ3) is 27.7. The maximum absolute atomic E-state index is 15.8. The second-order valence-electron chi connectivity index (χ2n) is 35.4. The summed E-state index contributed by atoms with van der Waals surface area (Å²) in [5.74, 6) is -18.2. The van der Waals surface area contributed by atoms with E-state index in [1.165, 1.54) is 67.4 Å². The number of aliphatic hydroxyl groups excluding tert-OH is 2. The molecule has 41 nitrogen and oxygen atoms in total. The number of aromatic hydroxyl groups is 1. The fourth-order valence-corrected chi connectivity index (χ4v) is 18.5. The summed E-state index contributed by atoms with van der Waals surface area (Å²) in [5, 5.41) is 66.4. The Morgan fingerprint density at radius 1 is 0.604 bits per heavy atom. The van der Waals surface area contributed by atoms with Gasteiger partial charge < -0.3 is 104 Å². The molecule has 0 radical (unpaired) electrons. The van der Waals surface area contributed by atoms with Gasteiger partial charge in [-0.2, -0.15) is 11.8 Å². The Balaban J connectivity index is 1.02. The minimum absolute atomic E-state index is 0.00609. The van der Waals surface area contributed by atoms with Crippen molar-refractivity contribution in [2.45, 2.75) is 242 Å². The molecule has 0 aliphatic carbocycles. The van der Waals surface area contributed by atoms with E-state index in [1.807, 2.05) is 50.2 Å². The molecule has 2 fully saturated rings. The van der Waals surface area contributed by atoms with Gasteiger partial charge in [0.25, 0.3) is 0 Å². The van der Waals surface area contributed by atoms with Gasteiger partial charge in [0.15, 0.2) is 17.4 Å². The average molecular weight is 1880 g/mol. The Morgan fingerprint density at radius 3 is 1.84 bits per heavy atom. The minimum Gasteiger partial charge on any atom is -0.508 e. The molecule has 7 heterocycles. The molecule has 0 saturated carbocycles. The summed E-state index contributed by atoms with van der Waals surface area (Å²) < 4.78 is 1.31. The lowest BCUT2D eigenvalue weighted by Crippen LogP contribution is -2.60. The van der Waals surface area contributed by atoms with Gasteiger partial charge in [0.2, 0.25) is 76.8 Å². The summed E-state index contributed by atoms with van der Waals surface area (Å²) in [6, 6.07) is 4.16. The van der Waals surface area contributed by atoms with Crippen LogP contribution in [-0.4, -0.2) is 294 Å². The average Bonchev–Trinajstić information content (AvgIpc) is 1.59. The van der Waals surface area contributed by atoms with Crippen molar-refractivity contribution in [3.8, 4) is 5.75 Å². The number of carbonyl (C=O) groups is 16. The molecule has 19 N–H and O–H groups in total. The van der Waals surface area contributed by atoms with Gasteiger partial charge in [-0.1, -0.05) is 102 Å². The second kappa shape index (κ2) is 49.2. The number of rotatable bonds is 25. The number of carbonyl (C=O) groups excluding carboxylic acids is 16. The number of nitrogens with zero attached hydrogens (tertiary/aromatic N) is 9. The van der Waals surface area contributed by atoms with Crippen molar-refractivity contribution < 1.29 is 92.0 Å². The highest BCUT2D eigenvalue weighted by Gasteiger charge is 2.47. The van der Waals surface area contributed by atoms with E-state index in [0.29, 0.717) is 59.0 Å². The first-order chi connectivity index (χ1) is 64.1. The predicted molar refractivity (Wildman–Crippen MR) is 492 cm³/mol. The number of nitrogens with two attached hydrogens (primary N) is 3. The fourth-order valence-electron chi connectivity index (χ4n) is 17.5. The highest BCUT2D eigenvalue weighted by atomic mass is 32.2. The third-order valence-electron chi connectivity index (χ3n) is 24.9. The highest BCUT2D eigenvalue weighted by molar-refractivity contribution is 8.00. The first kappa shape index (κ1) is 103. The van der Waals surface area contributed by atoms with E-state index in [-0.39, 0.29) is 113 Å². The molecule has 42 heteroatoms. The van der Waals surface area contributed by atoms with E-state index >= 15 is 33.6 Å². The number of tetrazole rings is 1. The van der Waals surface area contributed by atoms with Crippen LogP contribution in [0.2, 0.25) is 0 Å². The highest BCUT2D eigenvalue weighted by Crippen LogP contribution is 2.34. The summed E-state index contributed by atoms with van der Waals surface area (Å²) in [4.78, 5) is 254. The first-order valence-electron chi connectivity index (χ1n) is 45.7. The van der Waals surface area contributed by atoms with Crippen molar-refractivity contribution >= 4 is 128 Å². The number of benzene rings is 3. The molecule has 2 saturated heterocycles. The number of amides is 13. The van der Waals surface area contributed by atoms with Crippen LogP contribution >= 0.6 is 11.8 Å².